The van der Waals surface area contributed by atoms with E-state index in [0.29, 0.717) is 6.04 Å². The summed E-state index contributed by atoms with van der Waals surface area (Å²) in [6, 6.07) is 9.04. The number of nitrogens with one attached hydrogen (secondary N) is 1. The Morgan fingerprint density at radius 1 is 1.05 bits per heavy atom. The Hall–Kier alpha value is -0.670. The second-order valence-electron chi connectivity index (χ2n) is 5.86. The number of thioether (sulfide) groups is 1. The van der Waals surface area contributed by atoms with E-state index in [9.17, 15) is 0 Å². The zero-order chi connectivity index (χ0) is 15.5. The summed E-state index contributed by atoms with van der Waals surface area (Å²) in [6.07, 6.45) is 2.22. The number of hydrogen-bond donors (Lipinski definition) is 1. The predicted octanol–water partition coefficient (Wildman–Crippen LogP) is 4.91. The zero-order valence-electron chi connectivity index (χ0n) is 14.0. The van der Waals surface area contributed by atoms with E-state index >= 15 is 0 Å². The lowest BCUT2D eigenvalue weighted by Crippen LogP contribution is -2.24. The topological polar surface area (TPSA) is 21.3 Å². The van der Waals surface area contributed by atoms with Gasteiger partial charge in [-0.2, -0.15) is 11.8 Å². The van der Waals surface area contributed by atoms with Crippen LogP contribution in [0.15, 0.2) is 24.3 Å². The maximum Gasteiger partial charge on any atom is 0.119 e. The van der Waals surface area contributed by atoms with Crippen LogP contribution < -0.4 is 10.1 Å². The molecule has 0 fully saturated rings. The summed E-state index contributed by atoms with van der Waals surface area (Å²) in [5.41, 5.74) is 1.36. The van der Waals surface area contributed by atoms with E-state index in [0.717, 1.165) is 37.0 Å². The molecule has 1 unspecified atom stereocenters. The van der Waals surface area contributed by atoms with Crippen molar-refractivity contribution in [2.24, 2.45) is 5.92 Å². The first-order valence-corrected chi connectivity index (χ1v) is 9.36. The molecule has 2 nitrogen and oxygen atoms in total. The molecule has 0 spiro atoms. The van der Waals surface area contributed by atoms with Gasteiger partial charge in [-0.1, -0.05) is 39.8 Å². The highest BCUT2D eigenvalue weighted by molar-refractivity contribution is 7.99. The van der Waals surface area contributed by atoms with Crippen molar-refractivity contribution >= 4 is 11.8 Å². The molecule has 3 heteroatoms. The molecule has 0 aliphatic rings. The molecule has 0 saturated carbocycles. The van der Waals surface area contributed by atoms with Gasteiger partial charge in [0, 0.05) is 11.8 Å². The van der Waals surface area contributed by atoms with Gasteiger partial charge >= 0.3 is 0 Å². The molecule has 0 aliphatic carbocycles. The summed E-state index contributed by atoms with van der Waals surface area (Å²) in [5.74, 6) is 4.09. The van der Waals surface area contributed by atoms with Crippen molar-refractivity contribution in [3.8, 4) is 5.75 Å². The Morgan fingerprint density at radius 3 is 2.33 bits per heavy atom. The summed E-state index contributed by atoms with van der Waals surface area (Å²) in [5, 5.41) is 3.66. The fourth-order valence-corrected chi connectivity index (χ4v) is 3.18. The molecule has 0 saturated heterocycles. The lowest BCUT2D eigenvalue weighted by atomic mass is 10.1. The highest BCUT2D eigenvalue weighted by Crippen LogP contribution is 2.22. The van der Waals surface area contributed by atoms with Crippen molar-refractivity contribution in [3.63, 3.8) is 0 Å². The summed E-state index contributed by atoms with van der Waals surface area (Å²) in [4.78, 5) is 0. The van der Waals surface area contributed by atoms with Crippen molar-refractivity contribution in [3.05, 3.63) is 29.8 Å². The van der Waals surface area contributed by atoms with Gasteiger partial charge in [-0.05, 0) is 48.8 Å². The molecule has 0 amide bonds. The Morgan fingerprint density at radius 2 is 1.76 bits per heavy atom. The standard InChI is InChI=1S/C18H31NOS/c1-5-11-19-18(14-21-13-15(3)4)16-7-9-17(10-8-16)20-12-6-2/h7-10,15,18-19H,5-6,11-14H2,1-4H3. The molecular weight excluding hydrogens is 278 g/mol. The Bertz CT molecular complexity index is 364. The van der Waals surface area contributed by atoms with Crippen LogP contribution in [0.1, 0.15) is 52.1 Å². The third-order valence-corrected chi connectivity index (χ3v) is 4.60. The van der Waals surface area contributed by atoms with Crippen molar-refractivity contribution < 1.29 is 4.74 Å². The van der Waals surface area contributed by atoms with Gasteiger partial charge < -0.3 is 10.1 Å². The van der Waals surface area contributed by atoms with Crippen molar-refractivity contribution in [2.45, 2.75) is 46.6 Å². The second-order valence-corrected chi connectivity index (χ2v) is 6.93. The predicted molar refractivity (Wildman–Crippen MR) is 95.4 cm³/mol. The van der Waals surface area contributed by atoms with E-state index in [1.807, 2.05) is 11.8 Å². The van der Waals surface area contributed by atoms with E-state index in [1.54, 1.807) is 0 Å². The lowest BCUT2D eigenvalue weighted by molar-refractivity contribution is 0.317. The van der Waals surface area contributed by atoms with Crippen molar-refractivity contribution in [1.29, 1.82) is 0 Å². The molecule has 1 N–H and O–H groups in total. The smallest absolute Gasteiger partial charge is 0.119 e. The minimum Gasteiger partial charge on any atom is -0.494 e. The van der Waals surface area contributed by atoms with Gasteiger partial charge in [-0.3, -0.25) is 0 Å². The van der Waals surface area contributed by atoms with Gasteiger partial charge in [0.25, 0.3) is 0 Å². The Labute approximate surface area is 135 Å². The van der Waals surface area contributed by atoms with Crippen molar-refractivity contribution in [2.75, 3.05) is 24.7 Å². The molecule has 0 aliphatic heterocycles. The zero-order valence-corrected chi connectivity index (χ0v) is 14.8. The summed E-state index contributed by atoms with van der Waals surface area (Å²) < 4.78 is 5.66. The van der Waals surface area contributed by atoms with Gasteiger partial charge in [0.15, 0.2) is 0 Å². The third-order valence-electron chi connectivity index (χ3n) is 3.13. The van der Waals surface area contributed by atoms with E-state index in [4.69, 9.17) is 4.74 Å². The molecular formula is C18H31NOS. The maximum atomic E-state index is 5.66. The SMILES string of the molecule is CCCNC(CSCC(C)C)c1ccc(OCCC)cc1. The first-order valence-electron chi connectivity index (χ1n) is 8.21. The van der Waals surface area contributed by atoms with Gasteiger partial charge in [0.05, 0.1) is 6.61 Å². The van der Waals surface area contributed by atoms with Crippen LogP contribution in [-0.4, -0.2) is 24.7 Å². The van der Waals surface area contributed by atoms with E-state index in [1.165, 1.54) is 17.7 Å². The average Bonchev–Trinajstić information content (AvgIpc) is 2.49. The van der Waals surface area contributed by atoms with Crippen LogP contribution in [0.4, 0.5) is 0 Å². The molecule has 0 bridgehead atoms. The van der Waals surface area contributed by atoms with Gasteiger partial charge in [-0.15, -0.1) is 0 Å². The second kappa shape index (κ2) is 11.0. The molecule has 1 rings (SSSR count). The monoisotopic (exact) mass is 309 g/mol. The molecule has 0 aromatic heterocycles. The van der Waals surface area contributed by atoms with Gasteiger partial charge in [0.2, 0.25) is 0 Å². The molecule has 0 radical (unpaired) electrons. The van der Waals surface area contributed by atoms with E-state index in [-0.39, 0.29) is 0 Å². The van der Waals surface area contributed by atoms with E-state index < -0.39 is 0 Å². The Balaban J connectivity index is 2.59. The lowest BCUT2D eigenvalue weighted by Gasteiger charge is -2.19. The normalized spacial score (nSPS) is 12.6. The number of benzene rings is 1. The van der Waals surface area contributed by atoms with Crippen LogP contribution in [0, 0.1) is 5.92 Å². The van der Waals surface area contributed by atoms with Crippen molar-refractivity contribution in [1.82, 2.24) is 5.32 Å². The van der Waals surface area contributed by atoms with Crippen LogP contribution in [-0.2, 0) is 0 Å². The molecule has 120 valence electrons. The number of ether oxygens (including phenoxy) is 1. The molecule has 1 aromatic carbocycles. The molecule has 0 heterocycles. The summed E-state index contributed by atoms with van der Waals surface area (Å²) >= 11 is 2.04. The number of hydrogen-bond acceptors (Lipinski definition) is 3. The fraction of sp³-hybridized carbons (Fsp3) is 0.667. The van der Waals surface area contributed by atoms with Crippen LogP contribution in [0.3, 0.4) is 0 Å². The highest BCUT2D eigenvalue weighted by Gasteiger charge is 2.11. The van der Waals surface area contributed by atoms with Crippen LogP contribution in [0.25, 0.3) is 0 Å². The van der Waals surface area contributed by atoms with E-state index in [2.05, 4.69) is 57.3 Å². The highest BCUT2D eigenvalue weighted by atomic mass is 32.2. The summed E-state index contributed by atoms with van der Waals surface area (Å²) in [7, 11) is 0. The Kier molecular flexibility index (Phi) is 9.60. The average molecular weight is 310 g/mol. The van der Waals surface area contributed by atoms with Gasteiger partial charge in [-0.25, -0.2) is 0 Å². The van der Waals surface area contributed by atoms with Gasteiger partial charge in [0.1, 0.15) is 5.75 Å². The minimum absolute atomic E-state index is 0.439. The summed E-state index contributed by atoms with van der Waals surface area (Å²) in [6.45, 7) is 10.8. The van der Waals surface area contributed by atoms with Crippen LogP contribution in [0.2, 0.25) is 0 Å². The van der Waals surface area contributed by atoms with Crippen LogP contribution in [0.5, 0.6) is 5.75 Å². The first kappa shape index (κ1) is 18.4. The molecule has 21 heavy (non-hydrogen) atoms. The molecule has 1 aromatic rings. The maximum absolute atomic E-state index is 5.66. The molecule has 1 atom stereocenters. The number of rotatable bonds is 11. The quantitative estimate of drug-likeness (QED) is 0.628. The largest absolute Gasteiger partial charge is 0.494 e. The fourth-order valence-electron chi connectivity index (χ4n) is 2.03. The van der Waals surface area contributed by atoms with Crippen LogP contribution >= 0.6 is 11.8 Å². The minimum atomic E-state index is 0.439. The third kappa shape index (κ3) is 7.77. The first-order chi connectivity index (χ1) is 10.2.